The van der Waals surface area contributed by atoms with E-state index in [2.05, 4.69) is 5.32 Å². The van der Waals surface area contributed by atoms with E-state index in [9.17, 15) is 21.6 Å². The number of sulfonamides is 2. The van der Waals surface area contributed by atoms with Crippen LogP contribution in [-0.4, -0.2) is 80.2 Å². The average Bonchev–Trinajstić information content (AvgIpc) is 2.98. The molecule has 1 aliphatic heterocycles. The van der Waals surface area contributed by atoms with E-state index in [4.69, 9.17) is 25.8 Å². The largest absolute Gasteiger partial charge is 0.497 e. The third-order valence-electron chi connectivity index (χ3n) is 6.16. The maximum Gasteiger partial charge on any atom is 0.264 e. The molecule has 41 heavy (non-hydrogen) atoms. The van der Waals surface area contributed by atoms with Crippen molar-refractivity contribution in [3.8, 4) is 11.5 Å². The molecular weight excluding hydrogens is 594 g/mol. The van der Waals surface area contributed by atoms with Crippen LogP contribution in [0.2, 0.25) is 5.02 Å². The molecule has 1 N–H and O–H groups in total. The van der Waals surface area contributed by atoms with Gasteiger partial charge in [0.2, 0.25) is 15.9 Å². The number of carbonyl (C=O) groups is 1. The maximum atomic E-state index is 13.5. The third kappa shape index (κ3) is 7.68. The van der Waals surface area contributed by atoms with Crippen molar-refractivity contribution in [2.75, 3.05) is 57.4 Å². The standard InChI is InChI=1S/C27H30ClN3O8S2/c1-37-23-5-9-26(10-6-23)41(35,36)31(22-4-2-3-21(28)19-22)20-27(32)29-13-16-39-24-7-11-25(12-8-24)40(33,34)30-14-17-38-18-15-30/h2-12,19H,13-18,20H2,1H3,(H,29,32). The van der Waals surface area contributed by atoms with Crippen molar-refractivity contribution < 1.29 is 35.8 Å². The predicted molar refractivity (Wildman–Crippen MR) is 154 cm³/mol. The van der Waals surface area contributed by atoms with E-state index in [-0.39, 0.29) is 28.6 Å². The number of hydrogen-bond acceptors (Lipinski definition) is 8. The maximum absolute atomic E-state index is 13.5. The summed E-state index contributed by atoms with van der Waals surface area (Å²) in [5.74, 6) is 0.352. The monoisotopic (exact) mass is 623 g/mol. The highest BCUT2D eigenvalue weighted by atomic mass is 35.5. The molecule has 1 amide bonds. The van der Waals surface area contributed by atoms with E-state index < -0.39 is 32.5 Å². The van der Waals surface area contributed by atoms with Crippen LogP contribution in [0.1, 0.15) is 0 Å². The molecule has 3 aromatic carbocycles. The van der Waals surface area contributed by atoms with Crippen molar-refractivity contribution >= 4 is 43.2 Å². The molecular formula is C27H30ClN3O8S2. The van der Waals surface area contributed by atoms with Gasteiger partial charge in [0.15, 0.2) is 0 Å². The predicted octanol–water partition coefficient (Wildman–Crippen LogP) is 2.76. The number of ether oxygens (including phenoxy) is 3. The zero-order valence-electron chi connectivity index (χ0n) is 22.2. The summed E-state index contributed by atoms with van der Waals surface area (Å²) >= 11 is 6.10. The number of morpholine rings is 1. The second-order valence-corrected chi connectivity index (χ2v) is 13.1. The molecule has 0 atom stereocenters. The Balaban J connectivity index is 1.36. The van der Waals surface area contributed by atoms with Gasteiger partial charge in [-0.25, -0.2) is 16.8 Å². The number of benzene rings is 3. The van der Waals surface area contributed by atoms with Crippen molar-refractivity contribution in [1.82, 2.24) is 9.62 Å². The van der Waals surface area contributed by atoms with Crippen molar-refractivity contribution in [3.63, 3.8) is 0 Å². The summed E-state index contributed by atoms with van der Waals surface area (Å²) in [7, 11) is -6.26. The van der Waals surface area contributed by atoms with E-state index >= 15 is 0 Å². The number of halogens is 1. The zero-order chi connectivity index (χ0) is 29.5. The van der Waals surface area contributed by atoms with Crippen LogP contribution in [0.15, 0.2) is 82.6 Å². The molecule has 0 radical (unpaired) electrons. The number of nitrogens with zero attached hydrogens (tertiary/aromatic N) is 2. The van der Waals surface area contributed by atoms with E-state index in [1.807, 2.05) is 0 Å². The SMILES string of the molecule is COc1ccc(S(=O)(=O)N(CC(=O)NCCOc2ccc(S(=O)(=O)N3CCOCC3)cc2)c2cccc(Cl)c2)cc1. The second-order valence-electron chi connectivity index (χ2n) is 8.85. The number of carbonyl (C=O) groups excluding carboxylic acids is 1. The smallest absolute Gasteiger partial charge is 0.264 e. The Morgan fingerprint density at radius 2 is 1.59 bits per heavy atom. The van der Waals surface area contributed by atoms with Crippen molar-refractivity contribution in [1.29, 1.82) is 0 Å². The van der Waals surface area contributed by atoms with Crippen molar-refractivity contribution in [3.05, 3.63) is 77.8 Å². The molecule has 11 nitrogen and oxygen atoms in total. The van der Waals surface area contributed by atoms with Crippen LogP contribution in [0.4, 0.5) is 5.69 Å². The lowest BCUT2D eigenvalue weighted by atomic mass is 10.3. The van der Waals surface area contributed by atoms with E-state index in [1.165, 1.54) is 66.0 Å². The second kappa shape index (κ2) is 13.5. The first-order valence-electron chi connectivity index (χ1n) is 12.6. The highest BCUT2D eigenvalue weighted by molar-refractivity contribution is 7.92. The number of nitrogens with one attached hydrogen (secondary N) is 1. The Kier molecular flexibility index (Phi) is 10.1. The molecule has 1 aliphatic rings. The minimum Gasteiger partial charge on any atom is -0.497 e. The fraction of sp³-hybridized carbons (Fsp3) is 0.296. The molecule has 1 fully saturated rings. The van der Waals surface area contributed by atoms with Crippen LogP contribution >= 0.6 is 11.6 Å². The van der Waals surface area contributed by atoms with Gasteiger partial charge in [0.25, 0.3) is 10.0 Å². The number of anilines is 1. The molecule has 220 valence electrons. The van der Waals surface area contributed by atoms with Gasteiger partial charge >= 0.3 is 0 Å². The van der Waals surface area contributed by atoms with Crippen LogP contribution in [0.25, 0.3) is 0 Å². The highest BCUT2D eigenvalue weighted by Crippen LogP contribution is 2.27. The Morgan fingerprint density at radius 3 is 2.22 bits per heavy atom. The third-order valence-corrected chi connectivity index (χ3v) is 10.1. The molecule has 4 rings (SSSR count). The summed E-state index contributed by atoms with van der Waals surface area (Å²) in [5.41, 5.74) is 0.229. The first-order valence-corrected chi connectivity index (χ1v) is 15.9. The van der Waals surface area contributed by atoms with Gasteiger partial charge in [0.05, 0.1) is 42.3 Å². The van der Waals surface area contributed by atoms with Gasteiger partial charge in [0.1, 0.15) is 24.7 Å². The van der Waals surface area contributed by atoms with E-state index in [1.54, 1.807) is 18.2 Å². The first-order chi connectivity index (χ1) is 19.6. The molecule has 3 aromatic rings. The lowest BCUT2D eigenvalue weighted by Gasteiger charge is -2.26. The topological polar surface area (TPSA) is 132 Å². The van der Waals surface area contributed by atoms with E-state index in [0.29, 0.717) is 42.8 Å². The number of rotatable bonds is 12. The van der Waals surface area contributed by atoms with Gasteiger partial charge in [-0.2, -0.15) is 4.31 Å². The van der Waals surface area contributed by atoms with Crippen LogP contribution in [-0.2, 0) is 29.6 Å². The lowest BCUT2D eigenvalue weighted by Crippen LogP contribution is -2.41. The summed E-state index contributed by atoms with van der Waals surface area (Å²) < 4.78 is 70.8. The number of hydrogen-bond donors (Lipinski definition) is 1. The van der Waals surface area contributed by atoms with Crippen LogP contribution in [0.5, 0.6) is 11.5 Å². The molecule has 0 unspecified atom stereocenters. The van der Waals surface area contributed by atoms with Crippen LogP contribution < -0.4 is 19.1 Å². The van der Waals surface area contributed by atoms with Crippen molar-refractivity contribution in [2.24, 2.45) is 0 Å². The first kappa shape index (κ1) is 30.6. The molecule has 0 bridgehead atoms. The Morgan fingerprint density at radius 1 is 0.951 bits per heavy atom. The normalized spacial score (nSPS) is 14.3. The number of amides is 1. The lowest BCUT2D eigenvalue weighted by molar-refractivity contribution is -0.119. The quantitative estimate of drug-likeness (QED) is 0.305. The number of methoxy groups -OCH3 is 1. The summed E-state index contributed by atoms with van der Waals surface area (Å²) in [4.78, 5) is 12.9. The molecule has 1 saturated heterocycles. The van der Waals surface area contributed by atoms with E-state index in [0.717, 1.165) is 4.31 Å². The Bertz CT molecular complexity index is 1540. The minimum absolute atomic E-state index is 0.0199. The highest BCUT2D eigenvalue weighted by Gasteiger charge is 2.28. The summed E-state index contributed by atoms with van der Waals surface area (Å²) in [6.07, 6.45) is 0. The van der Waals surface area contributed by atoms with Gasteiger partial charge in [-0.15, -0.1) is 0 Å². The average molecular weight is 624 g/mol. The van der Waals surface area contributed by atoms with Crippen LogP contribution in [0, 0.1) is 0 Å². The van der Waals surface area contributed by atoms with Gasteiger partial charge < -0.3 is 19.5 Å². The fourth-order valence-electron chi connectivity index (χ4n) is 4.01. The Labute approximate surface area is 244 Å². The molecule has 0 spiro atoms. The van der Waals surface area contributed by atoms with Gasteiger partial charge in [0, 0.05) is 18.1 Å². The minimum atomic E-state index is -4.12. The Hall–Kier alpha value is -3.36. The molecule has 0 aliphatic carbocycles. The molecule has 1 heterocycles. The van der Waals surface area contributed by atoms with Gasteiger partial charge in [-0.05, 0) is 66.7 Å². The fourth-order valence-corrected chi connectivity index (χ4v) is 7.02. The van der Waals surface area contributed by atoms with Gasteiger partial charge in [-0.1, -0.05) is 17.7 Å². The van der Waals surface area contributed by atoms with Crippen molar-refractivity contribution in [2.45, 2.75) is 9.79 Å². The summed E-state index contributed by atoms with van der Waals surface area (Å²) in [6.45, 7) is 0.977. The van der Waals surface area contributed by atoms with Gasteiger partial charge in [-0.3, -0.25) is 9.10 Å². The molecule has 0 aromatic heterocycles. The summed E-state index contributed by atoms with van der Waals surface area (Å²) in [5, 5.41) is 2.97. The summed E-state index contributed by atoms with van der Waals surface area (Å²) in [6, 6.07) is 18.0. The van der Waals surface area contributed by atoms with Crippen LogP contribution in [0.3, 0.4) is 0 Å². The molecule has 14 heteroatoms. The molecule has 0 saturated carbocycles. The zero-order valence-corrected chi connectivity index (χ0v) is 24.6.